The van der Waals surface area contributed by atoms with Gasteiger partial charge in [0.05, 0.1) is 31.5 Å². The number of aromatic nitrogens is 2. The van der Waals surface area contributed by atoms with Gasteiger partial charge < -0.3 is 29.5 Å². The lowest BCUT2D eigenvalue weighted by molar-refractivity contribution is 0.206. The number of carbonyl (C=O) groups is 1. The van der Waals surface area contributed by atoms with Crippen LogP contribution in [0.15, 0.2) is 53.7 Å². The van der Waals surface area contributed by atoms with Crippen molar-refractivity contribution < 1.29 is 22.7 Å². The lowest BCUT2D eigenvalue weighted by Crippen LogP contribution is -2.46. The van der Waals surface area contributed by atoms with Crippen LogP contribution < -0.4 is 24.4 Å². The van der Waals surface area contributed by atoms with Crippen molar-refractivity contribution >= 4 is 33.4 Å². The summed E-state index contributed by atoms with van der Waals surface area (Å²) in [6.07, 6.45) is 3.42. The van der Waals surface area contributed by atoms with E-state index < -0.39 is 10.0 Å². The number of amides is 2. The van der Waals surface area contributed by atoms with Gasteiger partial charge in [0.2, 0.25) is 5.95 Å². The summed E-state index contributed by atoms with van der Waals surface area (Å²) in [5, 5.41) is 2.90. The van der Waals surface area contributed by atoms with E-state index in [1.54, 1.807) is 24.1 Å². The number of piperazine rings is 1. The number of ether oxygens (including phenoxy) is 2. The Morgan fingerprint density at radius 3 is 2.25 bits per heavy atom. The fourth-order valence-electron chi connectivity index (χ4n) is 4.91. The van der Waals surface area contributed by atoms with Gasteiger partial charge in [-0.2, -0.15) is 0 Å². The Hall–Kier alpha value is -4.10. The lowest BCUT2D eigenvalue weighted by atomic mass is 9.96. The minimum absolute atomic E-state index is 0.0146. The van der Waals surface area contributed by atoms with Gasteiger partial charge in [-0.3, -0.25) is 0 Å². The van der Waals surface area contributed by atoms with E-state index in [2.05, 4.69) is 42.9 Å². The van der Waals surface area contributed by atoms with E-state index in [1.165, 1.54) is 31.6 Å². The second kappa shape index (κ2) is 11.6. The van der Waals surface area contributed by atoms with Gasteiger partial charge in [0.1, 0.15) is 5.75 Å². The Bertz CT molecular complexity index is 1460. The quantitative estimate of drug-likeness (QED) is 0.443. The van der Waals surface area contributed by atoms with Crippen LogP contribution in [0.25, 0.3) is 0 Å². The first-order chi connectivity index (χ1) is 19.3. The Morgan fingerprint density at radius 2 is 1.60 bits per heavy atom. The van der Waals surface area contributed by atoms with Crippen molar-refractivity contribution in [2.75, 3.05) is 68.9 Å². The van der Waals surface area contributed by atoms with Crippen molar-refractivity contribution in [3.63, 3.8) is 0 Å². The number of fused-ring (bicyclic) bond motifs is 1. The molecule has 1 fully saturated rings. The molecule has 3 heterocycles. The Labute approximate surface area is 234 Å². The van der Waals surface area contributed by atoms with Crippen molar-refractivity contribution in [3.8, 4) is 11.5 Å². The Balaban J connectivity index is 1.27. The number of urea groups is 1. The smallest absolute Gasteiger partial charge is 0.322 e. The molecule has 0 aliphatic carbocycles. The number of hydrogen-bond acceptors (Lipinski definition) is 9. The number of methoxy groups -OCH3 is 2. The molecule has 5 rings (SSSR count). The maximum absolute atomic E-state index is 13.2. The number of hydrogen-bond donors (Lipinski definition) is 2. The third-order valence-electron chi connectivity index (χ3n) is 7.20. The van der Waals surface area contributed by atoms with Crippen LogP contribution in [-0.2, 0) is 23.0 Å². The van der Waals surface area contributed by atoms with Crippen LogP contribution in [0.2, 0.25) is 0 Å². The molecule has 13 heteroatoms. The van der Waals surface area contributed by atoms with Crippen molar-refractivity contribution in [2.45, 2.75) is 17.9 Å². The Kier molecular flexibility index (Phi) is 7.94. The first kappa shape index (κ1) is 27.5. The number of rotatable bonds is 7. The summed E-state index contributed by atoms with van der Waals surface area (Å²) in [5.41, 5.74) is 3.88. The number of anilines is 3. The summed E-state index contributed by atoms with van der Waals surface area (Å²) in [6, 6.07) is 9.81. The summed E-state index contributed by atoms with van der Waals surface area (Å²) < 4.78 is 38.5. The molecule has 2 amide bonds. The summed E-state index contributed by atoms with van der Waals surface area (Å²) >= 11 is 0. The molecule has 1 saturated heterocycles. The standard InChI is InChI=1S/C27H33N7O5S/c1-32-12-14-33(15-13-32)24-8-9-25(39-3)22-10-11-34(18-23(22)24)27(35)30-19-4-6-21(7-5-19)40(36,37)31-26-28-16-20(38-2)17-29-26/h4-9,16-17H,10-15,18H2,1-3H3,(H,30,35)(H,28,29,31). The molecule has 40 heavy (non-hydrogen) atoms. The summed E-state index contributed by atoms with van der Waals surface area (Å²) in [5.74, 6) is 1.18. The zero-order valence-corrected chi connectivity index (χ0v) is 23.6. The minimum atomic E-state index is -3.92. The van der Waals surface area contributed by atoms with Gasteiger partial charge in [-0.25, -0.2) is 27.9 Å². The summed E-state index contributed by atoms with van der Waals surface area (Å²) in [6.45, 7) is 4.82. The largest absolute Gasteiger partial charge is 0.496 e. The molecule has 0 bridgehead atoms. The molecule has 2 aromatic carbocycles. The van der Waals surface area contributed by atoms with E-state index in [4.69, 9.17) is 9.47 Å². The summed E-state index contributed by atoms with van der Waals surface area (Å²) in [4.78, 5) is 27.6. The maximum atomic E-state index is 13.2. The molecule has 0 unspecified atom stereocenters. The zero-order valence-electron chi connectivity index (χ0n) is 22.8. The molecule has 0 saturated carbocycles. The number of nitrogens with zero attached hydrogens (tertiary/aromatic N) is 5. The highest BCUT2D eigenvalue weighted by molar-refractivity contribution is 7.92. The predicted molar refractivity (Wildman–Crippen MR) is 152 cm³/mol. The topological polar surface area (TPSA) is 129 Å². The molecule has 2 aliphatic heterocycles. The van der Waals surface area contributed by atoms with Crippen LogP contribution in [0, 0.1) is 0 Å². The van der Waals surface area contributed by atoms with Gasteiger partial charge in [-0.15, -0.1) is 0 Å². The number of benzene rings is 2. The Morgan fingerprint density at radius 1 is 0.900 bits per heavy atom. The average molecular weight is 568 g/mol. The van der Waals surface area contributed by atoms with Gasteiger partial charge in [-0.05, 0) is 49.9 Å². The highest BCUT2D eigenvalue weighted by Gasteiger charge is 2.28. The molecule has 3 aromatic rings. The van der Waals surface area contributed by atoms with E-state index >= 15 is 0 Å². The van der Waals surface area contributed by atoms with E-state index in [0.717, 1.165) is 48.7 Å². The van der Waals surface area contributed by atoms with Crippen LogP contribution >= 0.6 is 0 Å². The maximum Gasteiger partial charge on any atom is 0.322 e. The first-order valence-electron chi connectivity index (χ1n) is 12.9. The average Bonchev–Trinajstić information content (AvgIpc) is 2.97. The van der Waals surface area contributed by atoms with Crippen molar-refractivity contribution in [3.05, 3.63) is 59.9 Å². The van der Waals surface area contributed by atoms with Crippen LogP contribution in [-0.4, -0.2) is 88.2 Å². The summed E-state index contributed by atoms with van der Waals surface area (Å²) in [7, 11) is 1.35. The van der Waals surface area contributed by atoms with Crippen molar-refractivity contribution in [2.24, 2.45) is 0 Å². The fraction of sp³-hybridized carbons (Fsp3) is 0.370. The first-order valence-corrected chi connectivity index (χ1v) is 14.4. The zero-order chi connectivity index (χ0) is 28.3. The number of nitrogens with one attached hydrogen (secondary N) is 2. The monoisotopic (exact) mass is 567 g/mol. The van der Waals surface area contributed by atoms with Gasteiger partial charge in [0.25, 0.3) is 10.0 Å². The van der Waals surface area contributed by atoms with E-state index in [0.29, 0.717) is 30.9 Å². The van der Waals surface area contributed by atoms with Crippen LogP contribution in [0.4, 0.5) is 22.1 Å². The molecule has 0 atom stereocenters. The third-order valence-corrected chi connectivity index (χ3v) is 8.54. The number of likely N-dealkylation sites (N-methyl/N-ethyl adjacent to an activating group) is 1. The minimum Gasteiger partial charge on any atom is -0.496 e. The van der Waals surface area contributed by atoms with E-state index in [9.17, 15) is 13.2 Å². The molecule has 212 valence electrons. The van der Waals surface area contributed by atoms with Crippen LogP contribution in [0.1, 0.15) is 11.1 Å². The molecule has 2 aliphatic rings. The molecule has 1 aromatic heterocycles. The van der Waals surface area contributed by atoms with Crippen LogP contribution in [0.3, 0.4) is 0 Å². The van der Waals surface area contributed by atoms with Gasteiger partial charge >= 0.3 is 6.03 Å². The highest BCUT2D eigenvalue weighted by atomic mass is 32.2. The van der Waals surface area contributed by atoms with Gasteiger partial charge in [0, 0.05) is 61.8 Å². The molecule has 0 spiro atoms. The number of sulfonamides is 1. The normalized spacial score (nSPS) is 15.8. The molecule has 0 radical (unpaired) electrons. The molecular formula is C27H33N7O5S. The second-order valence-corrected chi connectivity index (χ2v) is 11.4. The van der Waals surface area contributed by atoms with Crippen molar-refractivity contribution in [1.82, 2.24) is 19.8 Å². The highest BCUT2D eigenvalue weighted by Crippen LogP contribution is 2.36. The van der Waals surface area contributed by atoms with Crippen molar-refractivity contribution in [1.29, 1.82) is 0 Å². The van der Waals surface area contributed by atoms with Gasteiger partial charge in [0.15, 0.2) is 5.75 Å². The van der Waals surface area contributed by atoms with Crippen LogP contribution in [0.5, 0.6) is 11.5 Å². The molecule has 12 nitrogen and oxygen atoms in total. The lowest BCUT2D eigenvalue weighted by Gasteiger charge is -2.38. The molecule has 2 N–H and O–H groups in total. The van der Waals surface area contributed by atoms with Gasteiger partial charge in [-0.1, -0.05) is 0 Å². The SMILES string of the molecule is COc1cnc(NS(=O)(=O)c2ccc(NC(=O)N3CCc4c(OC)ccc(N5CCN(C)CC5)c4C3)cc2)nc1. The van der Waals surface area contributed by atoms with E-state index in [1.807, 2.05) is 6.07 Å². The second-order valence-electron chi connectivity index (χ2n) is 9.71. The molecular weight excluding hydrogens is 534 g/mol. The van der Waals surface area contributed by atoms with E-state index in [-0.39, 0.29) is 16.9 Å². The fourth-order valence-corrected chi connectivity index (χ4v) is 5.87. The third kappa shape index (κ3) is 5.89. The number of carbonyl (C=O) groups excluding carboxylic acids is 1. The predicted octanol–water partition coefficient (Wildman–Crippen LogP) is 2.64.